The number of aryl methyl sites for hydroxylation is 1. The Labute approximate surface area is 153 Å². The van der Waals surface area contributed by atoms with Gasteiger partial charge in [0.2, 0.25) is 5.91 Å². The Morgan fingerprint density at radius 3 is 2.62 bits per heavy atom. The van der Waals surface area contributed by atoms with Gasteiger partial charge in [0.1, 0.15) is 5.00 Å². The average molecular weight is 375 g/mol. The smallest absolute Gasteiger partial charge is 0.341 e. The van der Waals surface area contributed by atoms with E-state index in [4.69, 9.17) is 10.5 Å². The summed E-state index contributed by atoms with van der Waals surface area (Å²) in [6.45, 7) is 6.08. The summed E-state index contributed by atoms with van der Waals surface area (Å²) < 4.78 is 5.16. The van der Waals surface area contributed by atoms with E-state index in [2.05, 4.69) is 5.32 Å². The quantitative estimate of drug-likeness (QED) is 0.770. The van der Waals surface area contributed by atoms with Gasteiger partial charge in [-0.2, -0.15) is 0 Å². The Kier molecular flexibility index (Phi) is 8.19. The molecule has 0 radical (unpaired) electrons. The topological polar surface area (TPSA) is 81.4 Å². The van der Waals surface area contributed by atoms with Crippen LogP contribution in [0.4, 0.5) is 5.00 Å². The lowest BCUT2D eigenvalue weighted by Gasteiger charge is -2.25. The molecule has 3 N–H and O–H groups in total. The summed E-state index contributed by atoms with van der Waals surface area (Å²) in [7, 11) is 0. The number of thiophene rings is 1. The zero-order valence-corrected chi connectivity index (χ0v) is 16.1. The number of nitrogens with two attached hydrogens (primary N) is 1. The lowest BCUT2D eigenvalue weighted by molar-refractivity contribution is -0.120. The number of esters is 1. The number of anilines is 1. The number of rotatable bonds is 5. The van der Waals surface area contributed by atoms with E-state index in [1.807, 2.05) is 13.8 Å². The van der Waals surface area contributed by atoms with E-state index >= 15 is 0 Å². The number of hydrogen-bond donors (Lipinski definition) is 2. The molecule has 1 aliphatic carbocycles. The predicted octanol–water partition coefficient (Wildman–Crippen LogP) is 3.67. The first-order valence-electron chi connectivity index (χ1n) is 8.33. The molecule has 7 heteroatoms. The summed E-state index contributed by atoms with van der Waals surface area (Å²) in [4.78, 5) is 25.9. The van der Waals surface area contributed by atoms with Gasteiger partial charge in [0.05, 0.1) is 12.2 Å². The Bertz CT molecular complexity index is 589. The maximum absolute atomic E-state index is 12.5. The van der Waals surface area contributed by atoms with E-state index in [1.54, 1.807) is 6.92 Å². The Morgan fingerprint density at radius 2 is 2.04 bits per heavy atom. The Balaban J connectivity index is 0.00000288. The third-order valence-electron chi connectivity index (χ3n) is 4.36. The van der Waals surface area contributed by atoms with Gasteiger partial charge in [0, 0.05) is 16.8 Å². The molecule has 24 heavy (non-hydrogen) atoms. The third-order valence-corrected chi connectivity index (χ3v) is 5.43. The summed E-state index contributed by atoms with van der Waals surface area (Å²) in [5.41, 5.74) is 7.45. The number of carbonyl (C=O) groups excluding carboxylic acids is 2. The minimum absolute atomic E-state index is 0. The van der Waals surface area contributed by atoms with Crippen molar-refractivity contribution in [2.75, 3.05) is 11.9 Å². The minimum Gasteiger partial charge on any atom is -0.462 e. The molecule has 0 aliphatic heterocycles. The maximum Gasteiger partial charge on any atom is 0.341 e. The highest BCUT2D eigenvalue weighted by atomic mass is 35.5. The monoisotopic (exact) mass is 374 g/mol. The van der Waals surface area contributed by atoms with Crippen LogP contribution in [0.2, 0.25) is 0 Å². The molecule has 2 unspecified atom stereocenters. The fourth-order valence-corrected chi connectivity index (χ4v) is 4.33. The summed E-state index contributed by atoms with van der Waals surface area (Å²) in [5, 5.41) is 3.57. The van der Waals surface area contributed by atoms with Crippen LogP contribution in [0.5, 0.6) is 0 Å². The maximum atomic E-state index is 12.5. The molecule has 0 aromatic carbocycles. The van der Waals surface area contributed by atoms with Crippen molar-refractivity contribution >= 4 is 40.6 Å². The molecule has 1 saturated carbocycles. The molecular formula is C17H27ClN2O3S. The normalized spacial score (nSPS) is 20.2. The fourth-order valence-electron chi connectivity index (χ4n) is 3.19. The molecule has 0 spiro atoms. The van der Waals surface area contributed by atoms with Gasteiger partial charge in [0.25, 0.3) is 0 Å². The molecule has 1 aromatic rings. The second-order valence-corrected chi connectivity index (χ2v) is 7.25. The van der Waals surface area contributed by atoms with Crippen LogP contribution < -0.4 is 11.1 Å². The average Bonchev–Trinajstić information content (AvgIpc) is 2.82. The number of hydrogen-bond acceptors (Lipinski definition) is 5. The second-order valence-electron chi connectivity index (χ2n) is 6.03. The van der Waals surface area contributed by atoms with Gasteiger partial charge in [-0.1, -0.05) is 13.3 Å². The second kappa shape index (κ2) is 9.39. The molecule has 1 amide bonds. The largest absolute Gasteiger partial charge is 0.462 e. The molecule has 0 saturated heterocycles. The van der Waals surface area contributed by atoms with E-state index in [-0.39, 0.29) is 36.2 Å². The van der Waals surface area contributed by atoms with Crippen LogP contribution in [0.3, 0.4) is 0 Å². The highest BCUT2D eigenvalue weighted by Gasteiger charge is 2.28. The molecule has 1 fully saturated rings. The highest BCUT2D eigenvalue weighted by Crippen LogP contribution is 2.35. The molecule has 0 bridgehead atoms. The zero-order valence-electron chi connectivity index (χ0n) is 14.5. The van der Waals surface area contributed by atoms with Crippen LogP contribution in [-0.2, 0) is 16.0 Å². The van der Waals surface area contributed by atoms with Crippen molar-refractivity contribution in [3.8, 4) is 0 Å². The zero-order chi connectivity index (χ0) is 17.0. The third kappa shape index (κ3) is 4.71. The minimum atomic E-state index is -0.357. The summed E-state index contributed by atoms with van der Waals surface area (Å²) in [6, 6.07) is 0.0975. The van der Waals surface area contributed by atoms with E-state index in [9.17, 15) is 9.59 Å². The van der Waals surface area contributed by atoms with Crippen molar-refractivity contribution in [1.29, 1.82) is 0 Å². The number of amides is 1. The van der Waals surface area contributed by atoms with Crippen molar-refractivity contribution in [1.82, 2.24) is 0 Å². The van der Waals surface area contributed by atoms with Gasteiger partial charge >= 0.3 is 5.97 Å². The SMILES string of the molecule is CCOC(=O)c1c(NC(=O)C2CCCC(N)C2)sc(C)c1CC.Cl. The number of carbonyl (C=O) groups is 2. The first-order chi connectivity index (χ1) is 11.0. The van der Waals surface area contributed by atoms with Crippen LogP contribution in [0.15, 0.2) is 0 Å². The fraction of sp³-hybridized carbons (Fsp3) is 0.647. The molecule has 1 aromatic heterocycles. The van der Waals surface area contributed by atoms with Gasteiger partial charge < -0.3 is 15.8 Å². The molecule has 136 valence electrons. The Hall–Kier alpha value is -1.11. The molecule has 2 rings (SSSR count). The van der Waals surface area contributed by atoms with Crippen LogP contribution >= 0.6 is 23.7 Å². The van der Waals surface area contributed by atoms with Gasteiger partial charge in [-0.3, -0.25) is 4.79 Å². The van der Waals surface area contributed by atoms with Gasteiger partial charge in [-0.05, 0) is 45.1 Å². The van der Waals surface area contributed by atoms with Gasteiger partial charge in [-0.25, -0.2) is 4.79 Å². The van der Waals surface area contributed by atoms with Crippen LogP contribution in [0, 0.1) is 12.8 Å². The first kappa shape index (κ1) is 20.9. The van der Waals surface area contributed by atoms with E-state index in [0.29, 0.717) is 23.6 Å². The van der Waals surface area contributed by atoms with Crippen molar-refractivity contribution in [2.45, 2.75) is 58.9 Å². The lowest BCUT2D eigenvalue weighted by Crippen LogP contribution is -2.34. The number of nitrogens with one attached hydrogen (secondary N) is 1. The molecule has 2 atom stereocenters. The molecule has 5 nitrogen and oxygen atoms in total. The number of ether oxygens (including phenoxy) is 1. The van der Waals surface area contributed by atoms with Crippen molar-refractivity contribution in [2.24, 2.45) is 11.7 Å². The predicted molar refractivity (Wildman–Crippen MR) is 100 cm³/mol. The lowest BCUT2D eigenvalue weighted by atomic mass is 9.85. The number of halogens is 1. The van der Waals surface area contributed by atoms with Gasteiger partial charge in [0.15, 0.2) is 0 Å². The van der Waals surface area contributed by atoms with Crippen molar-refractivity contribution in [3.63, 3.8) is 0 Å². The van der Waals surface area contributed by atoms with Crippen LogP contribution in [0.1, 0.15) is 60.3 Å². The summed E-state index contributed by atoms with van der Waals surface area (Å²) in [6.07, 6.45) is 4.27. The first-order valence-corrected chi connectivity index (χ1v) is 9.15. The van der Waals surface area contributed by atoms with Gasteiger partial charge in [-0.15, -0.1) is 23.7 Å². The van der Waals surface area contributed by atoms with Crippen molar-refractivity contribution in [3.05, 3.63) is 16.0 Å². The summed E-state index contributed by atoms with van der Waals surface area (Å²) in [5.74, 6) is -0.458. The molecular weight excluding hydrogens is 348 g/mol. The van der Waals surface area contributed by atoms with Crippen LogP contribution in [0.25, 0.3) is 0 Å². The standard InChI is InChI=1S/C17H26N2O3S.ClH/c1-4-13-10(3)23-16(14(13)17(21)22-5-2)19-15(20)11-7-6-8-12(18)9-11;/h11-12H,4-9,18H2,1-3H3,(H,19,20);1H. The van der Waals surface area contributed by atoms with E-state index in [0.717, 1.165) is 36.1 Å². The highest BCUT2D eigenvalue weighted by molar-refractivity contribution is 7.16. The van der Waals surface area contributed by atoms with E-state index < -0.39 is 0 Å². The summed E-state index contributed by atoms with van der Waals surface area (Å²) >= 11 is 1.45. The van der Waals surface area contributed by atoms with Crippen LogP contribution in [-0.4, -0.2) is 24.5 Å². The van der Waals surface area contributed by atoms with E-state index in [1.165, 1.54) is 11.3 Å². The molecule has 1 heterocycles. The molecule has 1 aliphatic rings. The Morgan fingerprint density at radius 1 is 1.33 bits per heavy atom. The van der Waals surface area contributed by atoms with Crippen molar-refractivity contribution < 1.29 is 14.3 Å².